The molecule has 4 nitrogen and oxygen atoms in total. The lowest BCUT2D eigenvalue weighted by atomic mass is 10.2. The van der Waals surface area contributed by atoms with Crippen molar-refractivity contribution in [1.29, 1.82) is 0 Å². The molecule has 0 fully saturated rings. The van der Waals surface area contributed by atoms with Gasteiger partial charge in [-0.1, -0.05) is 30.3 Å². The third-order valence-corrected chi connectivity index (χ3v) is 1.46. The van der Waals surface area contributed by atoms with Gasteiger partial charge >= 0.3 is 0 Å². The molecule has 0 amide bonds. The van der Waals surface area contributed by atoms with E-state index in [9.17, 15) is 0 Å². The lowest BCUT2D eigenvalue weighted by molar-refractivity contribution is 1.10. The van der Waals surface area contributed by atoms with Crippen molar-refractivity contribution in [2.75, 3.05) is 7.05 Å². The van der Waals surface area contributed by atoms with Gasteiger partial charge in [0.1, 0.15) is 6.33 Å². The highest BCUT2D eigenvalue weighted by molar-refractivity contribution is 5.53. The van der Waals surface area contributed by atoms with Crippen LogP contribution in [0.4, 0.5) is 0 Å². The summed E-state index contributed by atoms with van der Waals surface area (Å²) < 4.78 is 0. The maximum atomic E-state index is 4.50. The Balaban J connectivity index is 0.000000396. The first-order chi connectivity index (χ1) is 6.47. The van der Waals surface area contributed by atoms with Crippen LogP contribution in [0, 0.1) is 0 Å². The highest BCUT2D eigenvalue weighted by atomic mass is 15.2. The molecule has 0 aliphatic heterocycles. The van der Waals surface area contributed by atoms with Crippen molar-refractivity contribution >= 4 is 0 Å². The van der Waals surface area contributed by atoms with E-state index in [1.54, 1.807) is 0 Å². The Morgan fingerprint density at radius 2 is 1.85 bits per heavy atom. The van der Waals surface area contributed by atoms with Crippen molar-refractivity contribution in [2.45, 2.75) is 0 Å². The minimum atomic E-state index is 0.811. The van der Waals surface area contributed by atoms with Crippen LogP contribution in [-0.4, -0.2) is 22.2 Å². The zero-order valence-corrected chi connectivity index (χ0v) is 7.44. The van der Waals surface area contributed by atoms with Gasteiger partial charge < -0.3 is 5.73 Å². The number of nitrogens with two attached hydrogens (primary N) is 1. The highest BCUT2D eigenvalue weighted by Gasteiger charge is 1.95. The zero-order valence-electron chi connectivity index (χ0n) is 7.44. The molecule has 0 radical (unpaired) electrons. The quantitative estimate of drug-likeness (QED) is 0.682. The van der Waals surface area contributed by atoms with E-state index in [2.05, 4.69) is 20.9 Å². The molecular formula is C9H12N4. The fraction of sp³-hybridized carbons (Fsp3) is 0.111. The number of nitrogens with one attached hydrogen (secondary N) is 1. The molecule has 2 rings (SSSR count). The van der Waals surface area contributed by atoms with Crippen LogP contribution < -0.4 is 5.73 Å². The molecule has 1 aromatic heterocycles. The number of H-pyrrole nitrogens is 1. The van der Waals surface area contributed by atoms with Crippen LogP contribution in [-0.2, 0) is 0 Å². The van der Waals surface area contributed by atoms with E-state index < -0.39 is 0 Å². The summed E-state index contributed by atoms with van der Waals surface area (Å²) in [4.78, 5) is 4.02. The van der Waals surface area contributed by atoms with E-state index in [1.807, 2.05) is 30.3 Å². The molecule has 0 aliphatic rings. The average molecular weight is 176 g/mol. The highest BCUT2D eigenvalue weighted by Crippen LogP contribution is 2.10. The Morgan fingerprint density at radius 1 is 1.15 bits per heavy atom. The molecule has 0 saturated heterocycles. The third-order valence-electron chi connectivity index (χ3n) is 1.46. The van der Waals surface area contributed by atoms with Gasteiger partial charge in [0.05, 0.1) is 0 Å². The first-order valence-corrected chi connectivity index (χ1v) is 3.95. The zero-order chi connectivity index (χ0) is 9.52. The molecule has 68 valence electrons. The van der Waals surface area contributed by atoms with Gasteiger partial charge in [0.2, 0.25) is 0 Å². The molecule has 1 heterocycles. The van der Waals surface area contributed by atoms with Crippen molar-refractivity contribution in [3.63, 3.8) is 0 Å². The summed E-state index contributed by atoms with van der Waals surface area (Å²) in [5, 5.41) is 6.55. The fourth-order valence-electron chi connectivity index (χ4n) is 0.941. The second-order valence-corrected chi connectivity index (χ2v) is 2.20. The molecule has 4 heteroatoms. The van der Waals surface area contributed by atoms with Crippen LogP contribution in [0.15, 0.2) is 36.7 Å². The molecule has 2 aromatic rings. The minimum Gasteiger partial charge on any atom is -0.333 e. The number of hydrogen-bond acceptors (Lipinski definition) is 3. The number of rotatable bonds is 1. The van der Waals surface area contributed by atoms with Gasteiger partial charge in [-0.05, 0) is 7.05 Å². The maximum Gasteiger partial charge on any atom is 0.155 e. The Bertz CT molecular complexity index is 315. The van der Waals surface area contributed by atoms with Gasteiger partial charge in [-0.25, -0.2) is 4.98 Å². The van der Waals surface area contributed by atoms with Crippen molar-refractivity contribution < 1.29 is 0 Å². The Morgan fingerprint density at radius 3 is 2.38 bits per heavy atom. The predicted molar refractivity (Wildman–Crippen MR) is 51.9 cm³/mol. The summed E-state index contributed by atoms with van der Waals surface area (Å²) in [6.45, 7) is 0. The van der Waals surface area contributed by atoms with Crippen LogP contribution in [0.3, 0.4) is 0 Å². The van der Waals surface area contributed by atoms with Crippen LogP contribution in [0.1, 0.15) is 0 Å². The van der Waals surface area contributed by atoms with Crippen molar-refractivity contribution in [3.8, 4) is 11.4 Å². The van der Waals surface area contributed by atoms with Gasteiger partial charge in [-0.2, -0.15) is 5.10 Å². The number of benzene rings is 1. The first kappa shape index (κ1) is 9.41. The summed E-state index contributed by atoms with van der Waals surface area (Å²) in [7, 11) is 1.50. The lowest BCUT2D eigenvalue weighted by Gasteiger charge is -1.91. The average Bonchev–Trinajstić information content (AvgIpc) is 2.75. The van der Waals surface area contributed by atoms with Gasteiger partial charge in [0.25, 0.3) is 0 Å². The van der Waals surface area contributed by atoms with Gasteiger partial charge in [-0.15, -0.1) is 0 Å². The number of aromatic amines is 1. The maximum absolute atomic E-state index is 4.50. The topological polar surface area (TPSA) is 67.6 Å². The van der Waals surface area contributed by atoms with Crippen LogP contribution in [0.5, 0.6) is 0 Å². The number of nitrogens with zero attached hydrogens (tertiary/aromatic N) is 2. The molecule has 0 saturated carbocycles. The molecule has 0 aliphatic carbocycles. The Kier molecular flexibility index (Phi) is 3.66. The molecular weight excluding hydrogens is 164 g/mol. The summed E-state index contributed by atoms with van der Waals surface area (Å²) in [6.07, 6.45) is 1.50. The molecule has 0 bridgehead atoms. The molecule has 0 atom stereocenters. The van der Waals surface area contributed by atoms with E-state index >= 15 is 0 Å². The predicted octanol–water partition coefficient (Wildman–Crippen LogP) is 1.05. The van der Waals surface area contributed by atoms with Gasteiger partial charge in [-0.3, -0.25) is 5.10 Å². The van der Waals surface area contributed by atoms with E-state index in [0.29, 0.717) is 0 Å². The van der Waals surface area contributed by atoms with Gasteiger partial charge in [0.15, 0.2) is 5.82 Å². The van der Waals surface area contributed by atoms with Crippen molar-refractivity contribution in [1.82, 2.24) is 15.2 Å². The van der Waals surface area contributed by atoms with E-state index in [0.717, 1.165) is 11.4 Å². The summed E-state index contributed by atoms with van der Waals surface area (Å²) in [6, 6.07) is 9.89. The standard InChI is InChI=1S/C8H7N3.CH5N/c1-2-4-7(5-3-1)8-9-6-10-11-8;1-2/h1-6H,(H,9,10,11);2H2,1H3. The number of aromatic nitrogens is 3. The SMILES string of the molecule is CN.c1ccc(-c2ncn[nH]2)cc1. The molecule has 13 heavy (non-hydrogen) atoms. The molecule has 1 aromatic carbocycles. The smallest absolute Gasteiger partial charge is 0.155 e. The van der Waals surface area contributed by atoms with Crippen molar-refractivity contribution in [3.05, 3.63) is 36.7 Å². The Labute approximate surface area is 76.8 Å². The third kappa shape index (κ3) is 2.38. The van der Waals surface area contributed by atoms with E-state index in [4.69, 9.17) is 0 Å². The fourth-order valence-corrected chi connectivity index (χ4v) is 0.941. The van der Waals surface area contributed by atoms with Crippen LogP contribution in [0.25, 0.3) is 11.4 Å². The summed E-state index contributed by atoms with van der Waals surface area (Å²) >= 11 is 0. The second kappa shape index (κ2) is 5.05. The summed E-state index contributed by atoms with van der Waals surface area (Å²) in [5.74, 6) is 0.811. The lowest BCUT2D eigenvalue weighted by Crippen LogP contribution is -1.78. The first-order valence-electron chi connectivity index (χ1n) is 3.95. The molecule has 0 unspecified atom stereocenters. The van der Waals surface area contributed by atoms with Gasteiger partial charge in [0, 0.05) is 5.56 Å². The molecule has 3 N–H and O–H groups in total. The molecule has 0 spiro atoms. The van der Waals surface area contributed by atoms with Crippen LogP contribution in [0.2, 0.25) is 0 Å². The Hall–Kier alpha value is -1.68. The summed E-state index contributed by atoms with van der Waals surface area (Å²) in [5.41, 5.74) is 5.56. The van der Waals surface area contributed by atoms with Crippen LogP contribution >= 0.6 is 0 Å². The van der Waals surface area contributed by atoms with E-state index in [-0.39, 0.29) is 0 Å². The van der Waals surface area contributed by atoms with E-state index in [1.165, 1.54) is 13.4 Å². The van der Waals surface area contributed by atoms with Crippen molar-refractivity contribution in [2.24, 2.45) is 5.73 Å². The number of hydrogen-bond donors (Lipinski definition) is 2. The monoisotopic (exact) mass is 176 g/mol. The largest absolute Gasteiger partial charge is 0.333 e. The normalized spacial score (nSPS) is 8.77. The second-order valence-electron chi connectivity index (χ2n) is 2.20. The minimum absolute atomic E-state index is 0.811.